The summed E-state index contributed by atoms with van der Waals surface area (Å²) in [6, 6.07) is 18.1. The molecule has 0 fully saturated rings. The van der Waals surface area contributed by atoms with Crippen LogP contribution < -0.4 is 0 Å². The van der Waals surface area contributed by atoms with Crippen LogP contribution in [-0.2, 0) is 22.6 Å². The number of nitrogens with zero attached hydrogens (tertiary/aromatic N) is 2. The van der Waals surface area contributed by atoms with Gasteiger partial charge in [-0.1, -0.05) is 48.5 Å². The fourth-order valence-electron chi connectivity index (χ4n) is 3.53. The largest absolute Gasteiger partial charge is 0.361 e. The molecule has 1 N–H and O–H groups in total. The van der Waals surface area contributed by atoms with Gasteiger partial charge in [-0.3, -0.25) is 9.59 Å². The summed E-state index contributed by atoms with van der Waals surface area (Å²) < 4.78 is 0. The number of fused-ring (bicyclic) bond motifs is 1. The van der Waals surface area contributed by atoms with Crippen molar-refractivity contribution in [2.24, 2.45) is 0 Å². The number of hydrogen-bond acceptors (Lipinski definition) is 2. The number of para-hydroxylation sites is 1. The molecular formula is C24H29N3O2. The average Bonchev–Trinajstić information content (AvgIpc) is 3.12. The van der Waals surface area contributed by atoms with Crippen molar-refractivity contribution in [3.63, 3.8) is 0 Å². The van der Waals surface area contributed by atoms with Gasteiger partial charge in [0.2, 0.25) is 11.8 Å². The van der Waals surface area contributed by atoms with Crippen LogP contribution in [0.1, 0.15) is 31.9 Å². The number of aromatic nitrogens is 1. The molecule has 29 heavy (non-hydrogen) atoms. The minimum absolute atomic E-state index is 0.0296. The van der Waals surface area contributed by atoms with E-state index in [4.69, 9.17) is 0 Å². The molecule has 152 valence electrons. The van der Waals surface area contributed by atoms with Crippen LogP contribution in [0.4, 0.5) is 0 Å². The van der Waals surface area contributed by atoms with Crippen LogP contribution in [0.25, 0.3) is 10.9 Å². The van der Waals surface area contributed by atoms with Crippen molar-refractivity contribution in [2.75, 3.05) is 13.1 Å². The number of amides is 2. The fourth-order valence-corrected chi connectivity index (χ4v) is 3.53. The zero-order chi connectivity index (χ0) is 20.8. The Morgan fingerprint density at radius 1 is 1.00 bits per heavy atom. The Labute approximate surface area is 172 Å². The average molecular weight is 392 g/mol. The maximum absolute atomic E-state index is 13.0. The van der Waals surface area contributed by atoms with E-state index in [-0.39, 0.29) is 24.4 Å². The van der Waals surface area contributed by atoms with E-state index in [0.29, 0.717) is 19.5 Å². The summed E-state index contributed by atoms with van der Waals surface area (Å²) in [4.78, 5) is 31.9. The summed E-state index contributed by atoms with van der Waals surface area (Å²) >= 11 is 0. The second kappa shape index (κ2) is 9.41. The molecule has 0 aliphatic heterocycles. The molecule has 0 radical (unpaired) electrons. The van der Waals surface area contributed by atoms with Crippen molar-refractivity contribution in [3.05, 3.63) is 71.9 Å². The highest BCUT2D eigenvalue weighted by Crippen LogP contribution is 2.18. The van der Waals surface area contributed by atoms with Crippen LogP contribution in [-0.4, -0.2) is 45.7 Å². The lowest BCUT2D eigenvalue weighted by atomic mass is 10.1. The summed E-state index contributed by atoms with van der Waals surface area (Å²) in [6.45, 7) is 6.70. The Bertz CT molecular complexity index is 962. The van der Waals surface area contributed by atoms with E-state index in [1.165, 1.54) is 6.92 Å². The molecule has 0 saturated heterocycles. The zero-order valence-corrected chi connectivity index (χ0v) is 17.4. The van der Waals surface area contributed by atoms with Gasteiger partial charge in [-0.05, 0) is 37.5 Å². The quantitative estimate of drug-likeness (QED) is 0.631. The molecule has 2 amide bonds. The number of hydrogen-bond donors (Lipinski definition) is 1. The maximum atomic E-state index is 13.0. The van der Waals surface area contributed by atoms with Crippen molar-refractivity contribution >= 4 is 22.7 Å². The molecule has 0 unspecified atom stereocenters. The highest BCUT2D eigenvalue weighted by Gasteiger charge is 2.21. The molecule has 0 saturated carbocycles. The molecule has 5 nitrogen and oxygen atoms in total. The van der Waals surface area contributed by atoms with Crippen molar-refractivity contribution in [1.29, 1.82) is 0 Å². The van der Waals surface area contributed by atoms with Crippen LogP contribution in [0.15, 0.2) is 60.8 Å². The van der Waals surface area contributed by atoms with Gasteiger partial charge in [0.15, 0.2) is 0 Å². The number of nitrogens with one attached hydrogen (secondary N) is 1. The van der Waals surface area contributed by atoms with E-state index in [1.54, 1.807) is 4.90 Å². The maximum Gasteiger partial charge on any atom is 0.242 e. The predicted octanol–water partition coefficient (Wildman–Crippen LogP) is 4.00. The highest BCUT2D eigenvalue weighted by atomic mass is 16.2. The first-order valence-electron chi connectivity index (χ1n) is 10.1. The number of carbonyl (C=O) groups excluding carboxylic acids is 2. The lowest BCUT2D eigenvalue weighted by Crippen LogP contribution is -2.45. The lowest BCUT2D eigenvalue weighted by molar-refractivity contribution is -0.141. The van der Waals surface area contributed by atoms with Gasteiger partial charge in [0, 0.05) is 43.2 Å². The Kier molecular flexibility index (Phi) is 6.70. The third-order valence-electron chi connectivity index (χ3n) is 5.24. The van der Waals surface area contributed by atoms with Crippen LogP contribution in [0.2, 0.25) is 0 Å². The number of benzene rings is 2. The van der Waals surface area contributed by atoms with Crippen molar-refractivity contribution < 1.29 is 9.59 Å². The van der Waals surface area contributed by atoms with E-state index < -0.39 is 0 Å². The molecular weight excluding hydrogens is 362 g/mol. The highest BCUT2D eigenvalue weighted by molar-refractivity contribution is 5.85. The Hall–Kier alpha value is -3.08. The molecule has 1 aromatic heterocycles. The molecule has 1 heterocycles. The van der Waals surface area contributed by atoms with Crippen molar-refractivity contribution in [1.82, 2.24) is 14.8 Å². The third-order valence-corrected chi connectivity index (χ3v) is 5.24. The molecule has 3 aromatic rings. The minimum Gasteiger partial charge on any atom is -0.361 e. The van der Waals surface area contributed by atoms with Gasteiger partial charge in [-0.25, -0.2) is 0 Å². The lowest BCUT2D eigenvalue weighted by Gasteiger charge is -2.30. The number of aromatic amines is 1. The van der Waals surface area contributed by atoms with Gasteiger partial charge in [0.05, 0.1) is 6.54 Å². The van der Waals surface area contributed by atoms with Gasteiger partial charge >= 0.3 is 0 Å². The summed E-state index contributed by atoms with van der Waals surface area (Å²) in [6.07, 6.45) is 2.69. The monoisotopic (exact) mass is 391 g/mol. The number of carbonyl (C=O) groups is 2. The molecule has 0 bridgehead atoms. The van der Waals surface area contributed by atoms with Crippen LogP contribution in [0.5, 0.6) is 0 Å². The molecule has 5 heteroatoms. The smallest absolute Gasteiger partial charge is 0.242 e. The molecule has 3 rings (SSSR count). The van der Waals surface area contributed by atoms with Gasteiger partial charge < -0.3 is 14.8 Å². The SMILES string of the molecule is CC(=O)N(CCc1c[nH]c2ccccc12)CC(=O)N(Cc1ccccc1)C(C)C. The Morgan fingerprint density at radius 2 is 1.69 bits per heavy atom. The summed E-state index contributed by atoms with van der Waals surface area (Å²) in [5.74, 6) is -0.111. The zero-order valence-electron chi connectivity index (χ0n) is 17.4. The van der Waals surface area contributed by atoms with Gasteiger partial charge in [-0.2, -0.15) is 0 Å². The Balaban J connectivity index is 1.66. The molecule has 0 aliphatic rings. The van der Waals surface area contributed by atoms with Crippen LogP contribution in [0, 0.1) is 0 Å². The summed E-state index contributed by atoms with van der Waals surface area (Å²) in [5.41, 5.74) is 3.33. The van der Waals surface area contributed by atoms with Gasteiger partial charge in [0.25, 0.3) is 0 Å². The van der Waals surface area contributed by atoms with E-state index in [2.05, 4.69) is 11.1 Å². The topological polar surface area (TPSA) is 56.4 Å². The van der Waals surface area contributed by atoms with E-state index in [1.807, 2.05) is 73.5 Å². The van der Waals surface area contributed by atoms with E-state index >= 15 is 0 Å². The molecule has 2 aromatic carbocycles. The summed E-state index contributed by atoms with van der Waals surface area (Å²) in [5, 5.41) is 1.16. The van der Waals surface area contributed by atoms with E-state index in [0.717, 1.165) is 22.0 Å². The predicted molar refractivity (Wildman–Crippen MR) is 116 cm³/mol. The second-order valence-electron chi connectivity index (χ2n) is 7.65. The van der Waals surface area contributed by atoms with Gasteiger partial charge in [-0.15, -0.1) is 0 Å². The summed E-state index contributed by atoms with van der Waals surface area (Å²) in [7, 11) is 0. The number of H-pyrrole nitrogens is 1. The van der Waals surface area contributed by atoms with Crippen LogP contribution >= 0.6 is 0 Å². The molecule has 0 aliphatic carbocycles. The molecule has 0 spiro atoms. The first-order valence-corrected chi connectivity index (χ1v) is 10.1. The van der Waals surface area contributed by atoms with Gasteiger partial charge in [0.1, 0.15) is 0 Å². The standard InChI is InChI=1S/C24H29N3O2/c1-18(2)27(16-20-9-5-4-6-10-20)24(29)17-26(19(3)28)14-13-21-15-25-23-12-8-7-11-22(21)23/h4-12,15,18,25H,13-14,16-17H2,1-3H3. The van der Waals surface area contributed by atoms with Crippen molar-refractivity contribution in [3.8, 4) is 0 Å². The first-order chi connectivity index (χ1) is 14.0. The normalized spacial score (nSPS) is 11.0. The fraction of sp³-hybridized carbons (Fsp3) is 0.333. The first kappa shape index (κ1) is 20.6. The third kappa shape index (κ3) is 5.25. The minimum atomic E-state index is -0.0818. The molecule has 0 atom stereocenters. The Morgan fingerprint density at radius 3 is 2.38 bits per heavy atom. The van der Waals surface area contributed by atoms with Crippen molar-refractivity contribution in [2.45, 2.75) is 39.8 Å². The number of rotatable bonds is 8. The van der Waals surface area contributed by atoms with E-state index in [9.17, 15) is 9.59 Å². The van der Waals surface area contributed by atoms with Crippen LogP contribution in [0.3, 0.4) is 0 Å². The second-order valence-corrected chi connectivity index (χ2v) is 7.65.